The molecule has 0 aliphatic rings. The van der Waals surface area contributed by atoms with E-state index in [9.17, 15) is 0 Å². The Labute approximate surface area is 107 Å². The molecule has 2 heteroatoms. The summed E-state index contributed by atoms with van der Waals surface area (Å²) in [6, 6.07) is 8.54. The van der Waals surface area contributed by atoms with E-state index >= 15 is 0 Å². The van der Waals surface area contributed by atoms with Crippen molar-refractivity contribution < 1.29 is 26.1 Å². The van der Waals surface area contributed by atoms with Gasteiger partial charge in [0.05, 0.1) is 0 Å². The maximum atomic E-state index is 3.92. The summed E-state index contributed by atoms with van der Waals surface area (Å²) in [6.07, 6.45) is 2.02. The van der Waals surface area contributed by atoms with Crippen LogP contribution in [0.15, 0.2) is 36.9 Å². The van der Waals surface area contributed by atoms with Crippen LogP contribution in [0.2, 0.25) is 0 Å². The van der Waals surface area contributed by atoms with E-state index in [0.29, 0.717) is 26.1 Å². The number of para-hydroxylation sites is 1. The van der Waals surface area contributed by atoms with E-state index in [1.54, 1.807) is 0 Å². The summed E-state index contributed by atoms with van der Waals surface area (Å²) in [5, 5.41) is 1.39. The van der Waals surface area contributed by atoms with E-state index < -0.39 is 0 Å². The fourth-order valence-corrected chi connectivity index (χ4v) is 5.17. The Balaban J connectivity index is 2.73. The summed E-state index contributed by atoms with van der Waals surface area (Å²) in [6.45, 7) is 8.34. The zero-order valence-corrected chi connectivity index (χ0v) is 14.8. The Morgan fingerprint density at radius 2 is 2.00 bits per heavy atom. The summed E-state index contributed by atoms with van der Waals surface area (Å²) in [4.78, 5) is 3.53. The average molecular weight is 385 g/mol. The molecule has 73 valence electrons. The molecular weight excluding hydrogens is 371 g/mol. The second-order valence-corrected chi connectivity index (χ2v) is 7.20. The number of hydrogen-bond acceptors (Lipinski definition) is 0. The first kappa shape index (κ1) is 10.9. The molecule has 1 aromatic heterocycles. The molecule has 2 aromatic rings. The van der Waals surface area contributed by atoms with Gasteiger partial charge in [0.1, 0.15) is 0 Å². The molecular formula is C13H14HgN. The molecule has 1 aromatic carbocycles. The van der Waals surface area contributed by atoms with Gasteiger partial charge < -0.3 is 0 Å². The normalized spacial score (nSPS) is 12.0. The molecule has 0 aliphatic heterocycles. The van der Waals surface area contributed by atoms with Gasteiger partial charge in [0.2, 0.25) is 0 Å². The van der Waals surface area contributed by atoms with Crippen molar-refractivity contribution in [3.63, 3.8) is 0 Å². The second kappa shape index (κ2) is 3.78. The fourth-order valence-electron chi connectivity index (χ4n) is 1.85. The predicted molar refractivity (Wildman–Crippen MR) is 61.2 cm³/mol. The fraction of sp³-hybridized carbons (Fsp3) is 0.231. The third kappa shape index (κ3) is 1.78. The van der Waals surface area contributed by atoms with Gasteiger partial charge in [-0.3, -0.25) is 0 Å². The molecule has 1 N–H and O–H groups in total. The SMILES string of the molecule is C=CC(C)(C)c1[nH]c2ccccc2[c]1[Hg]. The van der Waals surface area contributed by atoms with Crippen LogP contribution in [0.1, 0.15) is 19.5 Å². The molecule has 0 saturated heterocycles. The van der Waals surface area contributed by atoms with Gasteiger partial charge in [-0.15, -0.1) is 0 Å². The number of fused-ring (bicyclic) bond motifs is 1. The molecule has 0 spiro atoms. The summed E-state index contributed by atoms with van der Waals surface area (Å²) in [7, 11) is 0. The van der Waals surface area contributed by atoms with Crippen molar-refractivity contribution in [2.75, 3.05) is 0 Å². The van der Waals surface area contributed by atoms with E-state index in [0.717, 1.165) is 0 Å². The summed E-state index contributed by atoms with van der Waals surface area (Å²) >= 11 is 0.628. The van der Waals surface area contributed by atoms with Gasteiger partial charge in [0.25, 0.3) is 0 Å². The van der Waals surface area contributed by atoms with Gasteiger partial charge in [0.15, 0.2) is 0 Å². The molecule has 15 heavy (non-hydrogen) atoms. The maximum absolute atomic E-state index is 3.92. The van der Waals surface area contributed by atoms with Crippen molar-refractivity contribution in [3.8, 4) is 0 Å². The standard InChI is InChI=1S/C13H14N.Hg/c1-4-13(2,3)12-9-10-7-5-6-8-11(10)14-12;/h4-8,14H,1H2,2-3H3;. The van der Waals surface area contributed by atoms with E-state index in [2.05, 4.69) is 49.7 Å². The van der Waals surface area contributed by atoms with Crippen LogP contribution in [0.4, 0.5) is 0 Å². The van der Waals surface area contributed by atoms with Crippen LogP contribution < -0.4 is 3.07 Å². The molecule has 0 bridgehead atoms. The topological polar surface area (TPSA) is 15.8 Å². The van der Waals surface area contributed by atoms with Gasteiger partial charge in [0, 0.05) is 0 Å². The number of benzene rings is 1. The first-order chi connectivity index (χ1) is 7.06. The van der Waals surface area contributed by atoms with Crippen LogP contribution in [0.3, 0.4) is 0 Å². The molecule has 0 aliphatic carbocycles. The van der Waals surface area contributed by atoms with Crippen LogP contribution in [0, 0.1) is 0 Å². The first-order valence-electron chi connectivity index (χ1n) is 5.13. The number of rotatable bonds is 2. The van der Waals surface area contributed by atoms with Crippen LogP contribution in [0.25, 0.3) is 10.9 Å². The minimum atomic E-state index is 0.0517. The van der Waals surface area contributed by atoms with Crippen molar-refractivity contribution in [2.45, 2.75) is 19.3 Å². The van der Waals surface area contributed by atoms with Crippen LogP contribution in [-0.2, 0) is 31.5 Å². The van der Waals surface area contributed by atoms with Gasteiger partial charge in [-0.25, -0.2) is 0 Å². The minimum absolute atomic E-state index is 0.0517. The zero-order valence-electron chi connectivity index (χ0n) is 9.30. The number of allylic oxidation sites excluding steroid dienone is 1. The number of aromatic amines is 1. The summed E-state index contributed by atoms with van der Waals surface area (Å²) in [5.74, 6) is 0. The van der Waals surface area contributed by atoms with Crippen LogP contribution in [-0.4, -0.2) is 4.98 Å². The molecule has 1 nitrogen and oxygen atoms in total. The Bertz CT molecular complexity index is 508. The Kier molecular flexibility index (Phi) is 2.76. The average Bonchev–Trinajstić information content (AvgIpc) is 2.58. The Hall–Kier alpha value is -0.565. The third-order valence-corrected chi connectivity index (χ3v) is 5.82. The predicted octanol–water partition coefficient (Wildman–Crippen LogP) is 2.80. The molecule has 0 amide bonds. The van der Waals surface area contributed by atoms with Crippen molar-refractivity contribution in [1.29, 1.82) is 0 Å². The molecule has 0 fully saturated rings. The number of aromatic nitrogens is 1. The zero-order chi connectivity index (χ0) is 11.1. The summed E-state index contributed by atoms with van der Waals surface area (Å²) < 4.78 is 1.52. The van der Waals surface area contributed by atoms with E-state index in [1.807, 2.05) is 6.08 Å². The molecule has 0 radical (unpaired) electrons. The van der Waals surface area contributed by atoms with E-state index in [-0.39, 0.29) is 5.41 Å². The van der Waals surface area contributed by atoms with Crippen molar-refractivity contribution in [1.82, 2.24) is 4.98 Å². The number of hydrogen-bond donors (Lipinski definition) is 1. The molecule has 0 unspecified atom stereocenters. The second-order valence-electron chi connectivity index (χ2n) is 4.45. The molecule has 2 rings (SSSR count). The quantitative estimate of drug-likeness (QED) is 0.605. The van der Waals surface area contributed by atoms with Crippen molar-refractivity contribution in [2.24, 2.45) is 0 Å². The van der Waals surface area contributed by atoms with Crippen LogP contribution in [0.5, 0.6) is 0 Å². The molecule has 0 atom stereocenters. The van der Waals surface area contributed by atoms with E-state index in [4.69, 9.17) is 0 Å². The Morgan fingerprint density at radius 1 is 1.33 bits per heavy atom. The monoisotopic (exact) mass is 386 g/mol. The molecule has 0 saturated carbocycles. The number of nitrogens with one attached hydrogen (secondary N) is 1. The molecule has 1 heterocycles. The third-order valence-electron chi connectivity index (χ3n) is 2.97. The van der Waals surface area contributed by atoms with Crippen molar-refractivity contribution in [3.05, 3.63) is 42.6 Å². The van der Waals surface area contributed by atoms with Gasteiger partial charge in [-0.1, -0.05) is 0 Å². The number of H-pyrrole nitrogens is 1. The van der Waals surface area contributed by atoms with Gasteiger partial charge >= 0.3 is 107 Å². The Morgan fingerprint density at radius 3 is 2.60 bits per heavy atom. The van der Waals surface area contributed by atoms with Crippen LogP contribution >= 0.6 is 0 Å². The first-order valence-corrected chi connectivity index (χ1v) is 7.88. The van der Waals surface area contributed by atoms with E-state index in [1.165, 1.54) is 19.7 Å². The van der Waals surface area contributed by atoms with Gasteiger partial charge in [-0.2, -0.15) is 0 Å². The van der Waals surface area contributed by atoms with Crippen molar-refractivity contribution >= 4 is 14.0 Å². The van der Waals surface area contributed by atoms with Gasteiger partial charge in [-0.05, 0) is 0 Å². The summed E-state index contributed by atoms with van der Waals surface area (Å²) in [5.41, 5.74) is 2.66.